The van der Waals surface area contributed by atoms with Gasteiger partial charge in [-0.25, -0.2) is 0 Å². The van der Waals surface area contributed by atoms with Crippen LogP contribution in [0.3, 0.4) is 0 Å². The second kappa shape index (κ2) is 8.95. The first-order chi connectivity index (χ1) is 11.0. The molecule has 130 valence electrons. The average molecular weight is 450 g/mol. The van der Waals surface area contributed by atoms with Crippen molar-refractivity contribution < 1.29 is 14.2 Å². The lowest BCUT2D eigenvalue weighted by Gasteiger charge is -2.14. The van der Waals surface area contributed by atoms with Crippen LogP contribution in [0.15, 0.2) is 30.3 Å². The van der Waals surface area contributed by atoms with Crippen LogP contribution in [0.25, 0.3) is 0 Å². The van der Waals surface area contributed by atoms with Crippen molar-refractivity contribution in [2.75, 3.05) is 14.2 Å². The Morgan fingerprint density at radius 1 is 1.09 bits per heavy atom. The Labute approximate surface area is 156 Å². The molecule has 2 rings (SSSR count). The zero-order valence-electron chi connectivity index (χ0n) is 14.0. The summed E-state index contributed by atoms with van der Waals surface area (Å²) in [7, 11) is 3.38. The molecule has 3 nitrogen and oxygen atoms in total. The second-order valence-electron chi connectivity index (χ2n) is 6.21. The number of benzene rings is 1. The summed E-state index contributed by atoms with van der Waals surface area (Å²) in [5.41, 5.74) is 1.22. The minimum absolute atomic E-state index is 0.0223. The second-order valence-corrected chi connectivity index (χ2v) is 9.90. The third-order valence-electron chi connectivity index (χ3n) is 4.60. The van der Waals surface area contributed by atoms with E-state index in [2.05, 4.69) is 50.9 Å². The minimum Gasteiger partial charge on any atom is -0.374 e. The molecule has 1 aliphatic rings. The van der Waals surface area contributed by atoms with Crippen LogP contribution < -0.4 is 0 Å². The van der Waals surface area contributed by atoms with Gasteiger partial charge in [0.2, 0.25) is 0 Å². The summed E-state index contributed by atoms with van der Waals surface area (Å²) < 4.78 is 16.6. The predicted octanol–water partition coefficient (Wildman–Crippen LogP) is 5.11. The van der Waals surface area contributed by atoms with Gasteiger partial charge in [-0.05, 0) is 37.2 Å². The largest absolute Gasteiger partial charge is 0.374 e. The van der Waals surface area contributed by atoms with Crippen molar-refractivity contribution in [2.24, 2.45) is 11.8 Å². The Bertz CT molecular complexity index is 463. The van der Waals surface area contributed by atoms with Gasteiger partial charge in [0.25, 0.3) is 0 Å². The van der Waals surface area contributed by atoms with Crippen molar-refractivity contribution in [1.29, 1.82) is 0 Å². The van der Waals surface area contributed by atoms with E-state index in [0.717, 1.165) is 19.3 Å². The normalized spacial score (nSPS) is 23.9. The Balaban J connectivity index is 1.70. The van der Waals surface area contributed by atoms with E-state index in [-0.39, 0.29) is 15.6 Å². The number of ether oxygens (including phenoxy) is 3. The first-order valence-electron chi connectivity index (χ1n) is 8.08. The molecule has 0 saturated heterocycles. The van der Waals surface area contributed by atoms with Gasteiger partial charge in [0.1, 0.15) is 0 Å². The van der Waals surface area contributed by atoms with Crippen LogP contribution >= 0.6 is 31.9 Å². The minimum atomic E-state index is -0.133. The monoisotopic (exact) mass is 448 g/mol. The molecular weight excluding hydrogens is 424 g/mol. The number of methoxy groups -OCH3 is 2. The topological polar surface area (TPSA) is 27.7 Å². The fraction of sp³-hybridized carbons (Fsp3) is 0.667. The van der Waals surface area contributed by atoms with E-state index in [9.17, 15) is 0 Å². The smallest absolute Gasteiger partial charge is 0.157 e. The molecule has 0 amide bonds. The average Bonchev–Trinajstić information content (AvgIpc) is 3.08. The SMILES string of the molecule is COC(CC1C(CCC(C)OCc2ccccc2)C1(Br)Br)OC. The molecule has 3 atom stereocenters. The van der Waals surface area contributed by atoms with Gasteiger partial charge in [-0.1, -0.05) is 62.2 Å². The Hall–Kier alpha value is 0.0600. The van der Waals surface area contributed by atoms with Crippen LogP contribution in [0.1, 0.15) is 31.7 Å². The molecule has 5 heteroatoms. The van der Waals surface area contributed by atoms with Crippen LogP contribution in [-0.2, 0) is 20.8 Å². The van der Waals surface area contributed by atoms with Crippen LogP contribution in [-0.4, -0.2) is 29.8 Å². The van der Waals surface area contributed by atoms with Gasteiger partial charge < -0.3 is 14.2 Å². The summed E-state index contributed by atoms with van der Waals surface area (Å²) in [6.07, 6.45) is 3.20. The fourth-order valence-electron chi connectivity index (χ4n) is 2.98. The number of halogens is 2. The van der Waals surface area contributed by atoms with Crippen LogP contribution in [0.5, 0.6) is 0 Å². The van der Waals surface area contributed by atoms with Crippen LogP contribution in [0.4, 0.5) is 0 Å². The van der Waals surface area contributed by atoms with Gasteiger partial charge in [0.05, 0.1) is 15.9 Å². The van der Waals surface area contributed by atoms with Crippen molar-refractivity contribution in [3.05, 3.63) is 35.9 Å². The lowest BCUT2D eigenvalue weighted by atomic mass is 10.1. The standard InChI is InChI=1S/C18H26Br2O3/c1-13(23-12-14-7-5-4-6-8-14)9-10-15-16(18(15,19)20)11-17(21-2)22-3/h4-8,13,15-17H,9-12H2,1-3H3. The van der Waals surface area contributed by atoms with E-state index < -0.39 is 0 Å². The molecule has 1 aromatic carbocycles. The summed E-state index contributed by atoms with van der Waals surface area (Å²) in [6, 6.07) is 10.3. The maximum Gasteiger partial charge on any atom is 0.157 e. The number of hydrogen-bond acceptors (Lipinski definition) is 3. The van der Waals surface area contributed by atoms with Crippen molar-refractivity contribution in [3.8, 4) is 0 Å². The van der Waals surface area contributed by atoms with Crippen LogP contribution in [0.2, 0.25) is 0 Å². The molecule has 0 bridgehead atoms. The lowest BCUT2D eigenvalue weighted by Crippen LogP contribution is -2.15. The molecule has 1 saturated carbocycles. The molecule has 0 spiro atoms. The molecule has 3 unspecified atom stereocenters. The van der Waals surface area contributed by atoms with E-state index in [0.29, 0.717) is 18.4 Å². The number of alkyl halides is 2. The zero-order chi connectivity index (χ0) is 16.9. The first kappa shape index (κ1) is 19.4. The Morgan fingerprint density at radius 3 is 2.35 bits per heavy atom. The first-order valence-corrected chi connectivity index (χ1v) is 9.66. The highest BCUT2D eigenvalue weighted by molar-refractivity contribution is 9.25. The van der Waals surface area contributed by atoms with Crippen molar-refractivity contribution in [2.45, 2.75) is 48.4 Å². The van der Waals surface area contributed by atoms with Gasteiger partial charge in [-0.15, -0.1) is 0 Å². The molecular formula is C18H26Br2O3. The van der Waals surface area contributed by atoms with Gasteiger partial charge in [0, 0.05) is 20.6 Å². The Morgan fingerprint density at radius 2 is 1.74 bits per heavy atom. The lowest BCUT2D eigenvalue weighted by molar-refractivity contribution is -0.109. The highest BCUT2D eigenvalue weighted by atomic mass is 79.9. The highest BCUT2D eigenvalue weighted by Crippen LogP contribution is 2.65. The summed E-state index contributed by atoms with van der Waals surface area (Å²) in [6.45, 7) is 2.83. The van der Waals surface area contributed by atoms with Crippen molar-refractivity contribution in [3.63, 3.8) is 0 Å². The van der Waals surface area contributed by atoms with Crippen molar-refractivity contribution in [1.82, 2.24) is 0 Å². The van der Waals surface area contributed by atoms with Gasteiger partial charge in [-0.3, -0.25) is 0 Å². The van der Waals surface area contributed by atoms with E-state index in [1.54, 1.807) is 14.2 Å². The maximum atomic E-state index is 5.95. The number of hydrogen-bond donors (Lipinski definition) is 0. The summed E-state index contributed by atoms with van der Waals surface area (Å²) in [4.78, 5) is 0. The van der Waals surface area contributed by atoms with Crippen molar-refractivity contribution >= 4 is 31.9 Å². The van der Waals surface area contributed by atoms with Gasteiger partial charge in [0.15, 0.2) is 6.29 Å². The van der Waals surface area contributed by atoms with Gasteiger partial charge in [-0.2, -0.15) is 0 Å². The molecule has 0 radical (unpaired) electrons. The highest BCUT2D eigenvalue weighted by Gasteiger charge is 2.61. The van der Waals surface area contributed by atoms with E-state index in [1.807, 2.05) is 18.2 Å². The third kappa shape index (κ3) is 5.53. The molecule has 23 heavy (non-hydrogen) atoms. The summed E-state index contributed by atoms with van der Waals surface area (Å²) in [5, 5.41) is 0. The molecule has 1 aliphatic carbocycles. The predicted molar refractivity (Wildman–Crippen MR) is 99.9 cm³/mol. The van der Waals surface area contributed by atoms with E-state index in [1.165, 1.54) is 5.56 Å². The van der Waals surface area contributed by atoms with Gasteiger partial charge >= 0.3 is 0 Å². The Kier molecular flexibility index (Phi) is 7.55. The van der Waals surface area contributed by atoms with E-state index in [4.69, 9.17) is 14.2 Å². The molecule has 1 aromatic rings. The molecule has 0 N–H and O–H groups in total. The third-order valence-corrected chi connectivity index (χ3v) is 6.95. The molecule has 0 heterocycles. The quantitative estimate of drug-likeness (QED) is 0.366. The van der Waals surface area contributed by atoms with E-state index >= 15 is 0 Å². The molecule has 0 aliphatic heterocycles. The van der Waals surface area contributed by atoms with Crippen LogP contribution in [0, 0.1) is 11.8 Å². The molecule has 1 fully saturated rings. The maximum absolute atomic E-state index is 5.95. The summed E-state index contributed by atoms with van der Waals surface area (Å²) >= 11 is 7.59. The number of rotatable bonds is 10. The zero-order valence-corrected chi connectivity index (χ0v) is 17.2. The molecule has 0 aromatic heterocycles. The summed E-state index contributed by atoms with van der Waals surface area (Å²) in [5.74, 6) is 1.10. The fourth-order valence-corrected chi connectivity index (χ4v) is 4.83.